The van der Waals surface area contributed by atoms with Gasteiger partial charge in [0.25, 0.3) is 0 Å². The van der Waals surface area contributed by atoms with Crippen molar-refractivity contribution in [3.05, 3.63) is 12.2 Å². The molecule has 284 valence electrons. The molecule has 1 amide bonds. The summed E-state index contributed by atoms with van der Waals surface area (Å²) in [7, 11) is 0. The van der Waals surface area contributed by atoms with Gasteiger partial charge in [-0.1, -0.05) is 174 Å². The number of carbonyl (C=O) groups is 2. The fraction of sp³-hybridized carbons (Fsp3) is 0.905. The van der Waals surface area contributed by atoms with Crippen LogP contribution in [0.25, 0.3) is 0 Å². The largest absolute Gasteiger partial charge is 0.466 e. The van der Waals surface area contributed by atoms with Crippen LogP contribution in [-0.4, -0.2) is 47.4 Å². The zero-order valence-corrected chi connectivity index (χ0v) is 32.0. The van der Waals surface area contributed by atoms with Crippen LogP contribution >= 0.6 is 0 Å². The maximum Gasteiger partial charge on any atom is 0.305 e. The van der Waals surface area contributed by atoms with E-state index in [0.29, 0.717) is 25.9 Å². The van der Waals surface area contributed by atoms with E-state index in [0.717, 1.165) is 57.8 Å². The van der Waals surface area contributed by atoms with Crippen molar-refractivity contribution in [1.29, 1.82) is 0 Å². The molecule has 0 fully saturated rings. The lowest BCUT2D eigenvalue weighted by Crippen LogP contribution is -2.45. The van der Waals surface area contributed by atoms with E-state index in [4.69, 9.17) is 4.74 Å². The number of allylic oxidation sites excluding steroid dienone is 2. The Kier molecular flexibility index (Phi) is 37.3. The first kappa shape index (κ1) is 46.6. The molecule has 3 N–H and O–H groups in total. The lowest BCUT2D eigenvalue weighted by atomic mass is 10.0. The lowest BCUT2D eigenvalue weighted by Gasteiger charge is -2.22. The van der Waals surface area contributed by atoms with E-state index in [1.807, 2.05) is 0 Å². The van der Waals surface area contributed by atoms with Crippen LogP contribution in [0.2, 0.25) is 0 Å². The highest BCUT2D eigenvalue weighted by atomic mass is 16.5. The number of aliphatic hydroxyl groups excluding tert-OH is 2. The third-order valence-corrected chi connectivity index (χ3v) is 9.56. The molecule has 0 saturated carbocycles. The van der Waals surface area contributed by atoms with E-state index < -0.39 is 12.1 Å². The Bertz CT molecular complexity index is 712. The van der Waals surface area contributed by atoms with E-state index in [-0.39, 0.29) is 18.5 Å². The smallest absolute Gasteiger partial charge is 0.305 e. The summed E-state index contributed by atoms with van der Waals surface area (Å²) in [5.41, 5.74) is 0. The molecule has 0 spiro atoms. The number of nitrogens with one attached hydrogen (secondary N) is 1. The van der Waals surface area contributed by atoms with Crippen LogP contribution in [0.15, 0.2) is 12.2 Å². The molecule has 0 aromatic heterocycles. The highest BCUT2D eigenvalue weighted by Crippen LogP contribution is 2.15. The van der Waals surface area contributed by atoms with E-state index in [2.05, 4.69) is 31.3 Å². The molecule has 0 aromatic rings. The van der Waals surface area contributed by atoms with Crippen molar-refractivity contribution in [3.63, 3.8) is 0 Å². The summed E-state index contributed by atoms with van der Waals surface area (Å²) in [5.74, 6) is -0.0836. The monoisotopic (exact) mass is 680 g/mol. The molecule has 0 aromatic carbocycles. The van der Waals surface area contributed by atoms with Gasteiger partial charge >= 0.3 is 5.97 Å². The molecule has 0 aliphatic rings. The first-order valence-electron chi connectivity index (χ1n) is 20.9. The number of carbonyl (C=O) groups excluding carboxylic acids is 2. The molecular weight excluding hydrogens is 598 g/mol. The number of unbranched alkanes of at least 4 members (excludes halogenated alkanes) is 25. The molecule has 6 heteroatoms. The van der Waals surface area contributed by atoms with Gasteiger partial charge in [-0.3, -0.25) is 9.59 Å². The Morgan fingerprint density at radius 3 is 1.54 bits per heavy atom. The molecule has 2 atom stereocenters. The minimum atomic E-state index is -0.673. The predicted molar refractivity (Wildman–Crippen MR) is 204 cm³/mol. The highest BCUT2D eigenvalue weighted by Gasteiger charge is 2.20. The van der Waals surface area contributed by atoms with E-state index >= 15 is 0 Å². The fourth-order valence-electron chi connectivity index (χ4n) is 6.26. The minimum absolute atomic E-state index is 0.0257. The number of ether oxygens (including phenoxy) is 1. The van der Waals surface area contributed by atoms with Crippen LogP contribution in [0.1, 0.15) is 219 Å². The molecule has 0 bridgehead atoms. The zero-order valence-electron chi connectivity index (χ0n) is 32.0. The summed E-state index contributed by atoms with van der Waals surface area (Å²) in [4.78, 5) is 24.3. The average Bonchev–Trinajstić information content (AvgIpc) is 3.08. The first-order valence-corrected chi connectivity index (χ1v) is 20.9. The molecular formula is C42H81NO5. The standard InChI is InChI=1S/C42H81NO5/c1-3-5-7-9-11-13-15-20-24-28-32-36-42(47)48-37-33-29-25-21-17-14-16-19-23-27-31-35-41(46)43-39(38-44)40(45)34-30-26-22-18-12-10-8-6-4-2/h9,11,39-40,44-45H,3-8,10,12-38H2,1-2H3,(H,43,46)/b11-9-. The SMILES string of the molecule is CCCC/C=C\CCCCCCCC(=O)OCCCCCCCCCCCCCC(=O)NC(CO)C(O)CCCCCCCCCCC. The van der Waals surface area contributed by atoms with E-state index in [1.165, 1.54) is 128 Å². The molecule has 0 rings (SSSR count). The van der Waals surface area contributed by atoms with E-state index in [9.17, 15) is 19.8 Å². The van der Waals surface area contributed by atoms with E-state index in [1.54, 1.807) is 0 Å². The summed E-state index contributed by atoms with van der Waals surface area (Å²) in [5, 5.41) is 23.0. The van der Waals surface area contributed by atoms with Gasteiger partial charge in [0, 0.05) is 12.8 Å². The van der Waals surface area contributed by atoms with Gasteiger partial charge in [0.2, 0.25) is 5.91 Å². The molecule has 48 heavy (non-hydrogen) atoms. The number of amides is 1. The lowest BCUT2D eigenvalue weighted by molar-refractivity contribution is -0.143. The summed E-state index contributed by atoms with van der Waals surface area (Å²) in [6.45, 7) is 4.83. The van der Waals surface area contributed by atoms with Crippen molar-refractivity contribution >= 4 is 11.9 Å². The van der Waals surface area contributed by atoms with Crippen molar-refractivity contribution < 1.29 is 24.5 Å². The van der Waals surface area contributed by atoms with Gasteiger partial charge in [-0.2, -0.15) is 0 Å². The van der Waals surface area contributed by atoms with Crippen LogP contribution < -0.4 is 5.32 Å². The highest BCUT2D eigenvalue weighted by molar-refractivity contribution is 5.76. The minimum Gasteiger partial charge on any atom is -0.466 e. The number of hydrogen-bond acceptors (Lipinski definition) is 5. The number of hydrogen-bond donors (Lipinski definition) is 3. The van der Waals surface area contributed by atoms with Crippen molar-refractivity contribution in [2.24, 2.45) is 0 Å². The van der Waals surface area contributed by atoms with Gasteiger partial charge < -0.3 is 20.3 Å². The summed E-state index contributed by atoms with van der Waals surface area (Å²) in [6, 6.07) is -0.552. The van der Waals surface area contributed by atoms with Crippen LogP contribution in [0, 0.1) is 0 Å². The van der Waals surface area contributed by atoms with Crippen molar-refractivity contribution in [2.45, 2.75) is 231 Å². The molecule has 0 saturated heterocycles. The van der Waals surface area contributed by atoms with Crippen LogP contribution in [0.5, 0.6) is 0 Å². The second-order valence-electron chi connectivity index (χ2n) is 14.3. The molecule has 0 heterocycles. The zero-order chi connectivity index (χ0) is 35.2. The molecule has 2 unspecified atom stereocenters. The van der Waals surface area contributed by atoms with Crippen molar-refractivity contribution in [1.82, 2.24) is 5.32 Å². The summed E-state index contributed by atoms with van der Waals surface area (Å²) >= 11 is 0. The van der Waals surface area contributed by atoms with Gasteiger partial charge in [-0.25, -0.2) is 0 Å². The second kappa shape index (κ2) is 38.4. The second-order valence-corrected chi connectivity index (χ2v) is 14.3. The van der Waals surface area contributed by atoms with Crippen LogP contribution in [-0.2, 0) is 14.3 Å². The number of rotatable bonds is 38. The van der Waals surface area contributed by atoms with Crippen molar-refractivity contribution in [2.75, 3.05) is 13.2 Å². The number of esters is 1. The van der Waals surface area contributed by atoms with Gasteiger partial charge in [0.15, 0.2) is 0 Å². The van der Waals surface area contributed by atoms with Gasteiger partial charge in [-0.05, 0) is 44.9 Å². The molecule has 0 radical (unpaired) electrons. The van der Waals surface area contributed by atoms with Crippen molar-refractivity contribution in [3.8, 4) is 0 Å². The molecule has 0 aliphatic carbocycles. The summed E-state index contributed by atoms with van der Waals surface area (Å²) in [6.07, 6.45) is 40.2. The Labute approximate surface area is 298 Å². The normalized spacial score (nSPS) is 12.8. The maximum absolute atomic E-state index is 12.3. The molecule has 6 nitrogen and oxygen atoms in total. The van der Waals surface area contributed by atoms with Gasteiger partial charge in [0.05, 0.1) is 25.4 Å². The Morgan fingerprint density at radius 2 is 1.00 bits per heavy atom. The Morgan fingerprint density at radius 1 is 0.562 bits per heavy atom. The van der Waals surface area contributed by atoms with Crippen LogP contribution in [0.3, 0.4) is 0 Å². The number of aliphatic hydroxyl groups is 2. The average molecular weight is 680 g/mol. The third kappa shape index (κ3) is 34.5. The Balaban J connectivity index is 3.48. The predicted octanol–water partition coefficient (Wildman–Crippen LogP) is 11.4. The topological polar surface area (TPSA) is 95.9 Å². The third-order valence-electron chi connectivity index (χ3n) is 9.56. The molecule has 0 aliphatic heterocycles. The first-order chi connectivity index (χ1) is 23.5. The van der Waals surface area contributed by atoms with Crippen LogP contribution in [0.4, 0.5) is 0 Å². The quantitative estimate of drug-likeness (QED) is 0.0343. The Hall–Kier alpha value is -1.40. The van der Waals surface area contributed by atoms with Gasteiger partial charge in [0.1, 0.15) is 0 Å². The van der Waals surface area contributed by atoms with Gasteiger partial charge in [-0.15, -0.1) is 0 Å². The summed E-state index contributed by atoms with van der Waals surface area (Å²) < 4.78 is 5.42. The fourth-order valence-corrected chi connectivity index (χ4v) is 6.26. The maximum atomic E-state index is 12.3.